The van der Waals surface area contributed by atoms with Gasteiger partial charge in [-0.15, -0.1) is 0 Å². The molecular formula is C15H15NO4. The number of amides is 1. The van der Waals surface area contributed by atoms with E-state index in [1.807, 2.05) is 13.0 Å². The first kappa shape index (κ1) is 14.0. The molecule has 0 saturated carbocycles. The number of carboxylic acid groups (broad SMARTS) is 1. The van der Waals surface area contributed by atoms with Gasteiger partial charge < -0.3 is 10.0 Å². The van der Waals surface area contributed by atoms with Crippen molar-refractivity contribution in [3.63, 3.8) is 0 Å². The van der Waals surface area contributed by atoms with Crippen LogP contribution in [0, 0.1) is 6.92 Å². The van der Waals surface area contributed by atoms with Crippen molar-refractivity contribution in [2.75, 3.05) is 11.4 Å². The van der Waals surface area contributed by atoms with Crippen molar-refractivity contribution in [2.45, 2.75) is 20.3 Å². The van der Waals surface area contributed by atoms with Crippen molar-refractivity contribution in [3.05, 3.63) is 41.0 Å². The third-order valence-corrected chi connectivity index (χ3v) is 3.30. The van der Waals surface area contributed by atoms with Gasteiger partial charge in [-0.2, -0.15) is 0 Å². The molecule has 0 spiro atoms. The number of hydrogen-bond donors (Lipinski definition) is 1. The molecule has 1 aliphatic heterocycles. The van der Waals surface area contributed by atoms with Crippen molar-refractivity contribution in [2.24, 2.45) is 0 Å². The average molecular weight is 273 g/mol. The normalized spacial score (nSPS) is 14.7. The molecule has 0 radical (unpaired) electrons. The molecule has 1 aromatic carbocycles. The largest absolute Gasteiger partial charge is 0.478 e. The SMILES string of the molecule is CCC(=CCN1C(=O)C(=O)c2cc(C)ccc21)C(=O)O. The Morgan fingerprint density at radius 3 is 2.65 bits per heavy atom. The van der Waals surface area contributed by atoms with Crippen LogP contribution in [-0.4, -0.2) is 29.3 Å². The number of fused-ring (bicyclic) bond motifs is 1. The van der Waals surface area contributed by atoms with E-state index in [1.54, 1.807) is 19.1 Å². The van der Waals surface area contributed by atoms with Crippen LogP contribution in [0.2, 0.25) is 0 Å². The second kappa shape index (κ2) is 5.28. The van der Waals surface area contributed by atoms with Crippen LogP contribution in [0.4, 0.5) is 5.69 Å². The van der Waals surface area contributed by atoms with E-state index in [2.05, 4.69) is 0 Å². The molecule has 0 aliphatic carbocycles. The highest BCUT2D eigenvalue weighted by atomic mass is 16.4. The number of aliphatic carboxylic acids is 1. The van der Waals surface area contributed by atoms with Crippen LogP contribution < -0.4 is 4.90 Å². The summed E-state index contributed by atoms with van der Waals surface area (Å²) in [7, 11) is 0. The molecule has 5 heteroatoms. The van der Waals surface area contributed by atoms with Gasteiger partial charge in [0.1, 0.15) is 0 Å². The summed E-state index contributed by atoms with van der Waals surface area (Å²) in [5.41, 5.74) is 2.06. The zero-order chi connectivity index (χ0) is 14.9. The summed E-state index contributed by atoms with van der Waals surface area (Å²) in [6.07, 6.45) is 1.84. The fourth-order valence-corrected chi connectivity index (χ4v) is 2.18. The van der Waals surface area contributed by atoms with E-state index < -0.39 is 17.7 Å². The molecule has 1 amide bonds. The number of Topliss-reactive ketones (excluding diaryl/α,β-unsaturated/α-hetero) is 1. The number of aryl methyl sites for hydroxylation is 1. The molecule has 1 heterocycles. The molecule has 0 aromatic heterocycles. The van der Waals surface area contributed by atoms with E-state index in [0.717, 1.165) is 5.56 Å². The van der Waals surface area contributed by atoms with Gasteiger partial charge in [-0.25, -0.2) is 4.79 Å². The van der Waals surface area contributed by atoms with Gasteiger partial charge in [0.2, 0.25) is 0 Å². The molecule has 0 atom stereocenters. The molecule has 5 nitrogen and oxygen atoms in total. The van der Waals surface area contributed by atoms with E-state index in [9.17, 15) is 14.4 Å². The third-order valence-electron chi connectivity index (χ3n) is 3.30. The lowest BCUT2D eigenvalue weighted by atomic mass is 10.1. The molecule has 1 N–H and O–H groups in total. The van der Waals surface area contributed by atoms with Crippen molar-refractivity contribution in [3.8, 4) is 0 Å². The highest BCUT2D eigenvalue weighted by Crippen LogP contribution is 2.29. The standard InChI is InChI=1S/C15H15NO4/c1-3-10(15(19)20)6-7-16-12-5-4-9(2)8-11(12)13(17)14(16)18/h4-6,8H,3,7H2,1-2H3,(H,19,20). The van der Waals surface area contributed by atoms with E-state index in [0.29, 0.717) is 17.7 Å². The maximum atomic E-state index is 11.9. The van der Waals surface area contributed by atoms with Crippen molar-refractivity contribution >= 4 is 23.3 Å². The number of nitrogens with zero attached hydrogens (tertiary/aromatic N) is 1. The minimum Gasteiger partial charge on any atom is -0.478 e. The number of hydrogen-bond acceptors (Lipinski definition) is 3. The minimum absolute atomic E-state index is 0.0934. The van der Waals surface area contributed by atoms with Gasteiger partial charge in [0, 0.05) is 12.1 Å². The van der Waals surface area contributed by atoms with Gasteiger partial charge in [-0.05, 0) is 25.5 Å². The minimum atomic E-state index is -1.00. The van der Waals surface area contributed by atoms with Crippen LogP contribution in [0.5, 0.6) is 0 Å². The average Bonchev–Trinajstić information content (AvgIpc) is 2.64. The maximum Gasteiger partial charge on any atom is 0.331 e. The highest BCUT2D eigenvalue weighted by molar-refractivity contribution is 6.52. The summed E-state index contributed by atoms with van der Waals surface area (Å²) >= 11 is 0. The Balaban J connectivity index is 2.33. The zero-order valence-electron chi connectivity index (χ0n) is 11.3. The molecule has 0 unspecified atom stereocenters. The maximum absolute atomic E-state index is 11.9. The Bertz CT molecular complexity index is 631. The summed E-state index contributed by atoms with van der Waals surface area (Å²) < 4.78 is 0. The molecule has 1 aliphatic rings. The number of carbonyl (C=O) groups is 3. The first-order valence-corrected chi connectivity index (χ1v) is 6.35. The first-order valence-electron chi connectivity index (χ1n) is 6.35. The Morgan fingerprint density at radius 2 is 2.05 bits per heavy atom. The fraction of sp³-hybridized carbons (Fsp3) is 0.267. The van der Waals surface area contributed by atoms with Crippen LogP contribution in [-0.2, 0) is 9.59 Å². The van der Waals surface area contributed by atoms with Crippen LogP contribution in [0.3, 0.4) is 0 Å². The van der Waals surface area contributed by atoms with Crippen LogP contribution in [0.1, 0.15) is 29.3 Å². The van der Waals surface area contributed by atoms with Gasteiger partial charge in [0.15, 0.2) is 0 Å². The highest BCUT2D eigenvalue weighted by Gasteiger charge is 2.35. The van der Waals surface area contributed by atoms with Crippen molar-refractivity contribution < 1.29 is 19.5 Å². The molecule has 0 bridgehead atoms. The van der Waals surface area contributed by atoms with E-state index in [-0.39, 0.29) is 12.1 Å². The molecule has 2 rings (SSSR count). The molecule has 20 heavy (non-hydrogen) atoms. The second-order valence-corrected chi connectivity index (χ2v) is 4.65. The second-order valence-electron chi connectivity index (χ2n) is 4.65. The lowest BCUT2D eigenvalue weighted by Gasteiger charge is -2.14. The predicted octanol–water partition coefficient (Wildman–Crippen LogP) is 1.95. The monoisotopic (exact) mass is 273 g/mol. The Morgan fingerprint density at radius 1 is 1.35 bits per heavy atom. The van der Waals surface area contributed by atoms with Crippen molar-refractivity contribution in [1.82, 2.24) is 0 Å². The van der Waals surface area contributed by atoms with Gasteiger partial charge >= 0.3 is 5.97 Å². The van der Waals surface area contributed by atoms with Gasteiger partial charge in [0.05, 0.1) is 11.3 Å². The topological polar surface area (TPSA) is 74.7 Å². The molecule has 0 saturated heterocycles. The van der Waals surface area contributed by atoms with Gasteiger partial charge in [0.25, 0.3) is 11.7 Å². The third kappa shape index (κ3) is 2.34. The molecule has 0 fully saturated rings. The smallest absolute Gasteiger partial charge is 0.331 e. The Labute approximate surface area is 116 Å². The Hall–Kier alpha value is -2.43. The van der Waals surface area contributed by atoms with Gasteiger partial charge in [-0.3, -0.25) is 9.59 Å². The quantitative estimate of drug-likeness (QED) is 0.672. The van der Waals surface area contributed by atoms with Gasteiger partial charge in [-0.1, -0.05) is 24.6 Å². The zero-order valence-corrected chi connectivity index (χ0v) is 11.3. The summed E-state index contributed by atoms with van der Waals surface area (Å²) in [5.74, 6) is -2.15. The molecular weight excluding hydrogens is 258 g/mol. The summed E-state index contributed by atoms with van der Waals surface area (Å²) in [4.78, 5) is 36.1. The lowest BCUT2D eigenvalue weighted by molar-refractivity contribution is -0.132. The van der Waals surface area contributed by atoms with E-state index >= 15 is 0 Å². The number of benzene rings is 1. The van der Waals surface area contributed by atoms with Crippen LogP contribution in [0.25, 0.3) is 0 Å². The fourth-order valence-electron chi connectivity index (χ4n) is 2.18. The van der Waals surface area contributed by atoms with E-state index in [1.165, 1.54) is 11.0 Å². The van der Waals surface area contributed by atoms with E-state index in [4.69, 9.17) is 5.11 Å². The number of anilines is 1. The number of carbonyl (C=O) groups excluding carboxylic acids is 2. The first-order chi connectivity index (χ1) is 9.45. The molecule has 104 valence electrons. The summed E-state index contributed by atoms with van der Waals surface area (Å²) in [5, 5.41) is 8.96. The van der Waals surface area contributed by atoms with Crippen LogP contribution in [0.15, 0.2) is 29.8 Å². The summed E-state index contributed by atoms with van der Waals surface area (Å²) in [6, 6.07) is 5.21. The number of rotatable bonds is 4. The number of carboxylic acids is 1. The Kier molecular flexibility index (Phi) is 3.70. The summed E-state index contributed by atoms with van der Waals surface area (Å²) in [6.45, 7) is 3.67. The molecule has 1 aromatic rings. The number of ketones is 1. The van der Waals surface area contributed by atoms with Crippen molar-refractivity contribution in [1.29, 1.82) is 0 Å². The lowest BCUT2D eigenvalue weighted by Crippen LogP contribution is -2.30. The van der Waals surface area contributed by atoms with Crippen LogP contribution >= 0.6 is 0 Å². The predicted molar refractivity (Wildman–Crippen MR) is 73.9 cm³/mol.